The Balaban J connectivity index is 2.68. The first kappa shape index (κ1) is 17.3. The third kappa shape index (κ3) is 4.36. The van der Waals surface area contributed by atoms with Crippen molar-refractivity contribution in [2.45, 2.75) is 38.5 Å². The van der Waals surface area contributed by atoms with Gasteiger partial charge in [0.15, 0.2) is 9.84 Å². The summed E-state index contributed by atoms with van der Waals surface area (Å²) in [7, 11) is -3.21. The van der Waals surface area contributed by atoms with Crippen LogP contribution in [0.1, 0.15) is 39.4 Å². The zero-order valence-corrected chi connectivity index (χ0v) is 13.8. The van der Waals surface area contributed by atoms with E-state index in [0.29, 0.717) is 16.3 Å². The summed E-state index contributed by atoms with van der Waals surface area (Å²) < 4.78 is 28.5. The highest BCUT2D eigenvalue weighted by Crippen LogP contribution is 2.28. The molecule has 1 unspecified atom stereocenters. The van der Waals surface area contributed by atoms with Gasteiger partial charge in [-0.05, 0) is 45.4 Å². The highest BCUT2D eigenvalue weighted by Gasteiger charge is 2.28. The summed E-state index contributed by atoms with van der Waals surface area (Å²) in [6.45, 7) is 6.67. The van der Waals surface area contributed by atoms with Gasteiger partial charge in [0.05, 0.1) is 21.6 Å². The van der Waals surface area contributed by atoms with Crippen molar-refractivity contribution >= 4 is 21.4 Å². The quantitative estimate of drug-likeness (QED) is 0.906. The molecule has 0 aliphatic rings. The van der Waals surface area contributed by atoms with Gasteiger partial charge in [-0.2, -0.15) is 0 Å². The topological polar surface area (TPSA) is 63.6 Å². The smallest absolute Gasteiger partial charge is 0.158 e. The molecule has 0 aliphatic carbocycles. The van der Waals surface area contributed by atoms with Crippen molar-refractivity contribution in [2.24, 2.45) is 0 Å². The molecule has 1 atom stereocenters. The largest absolute Gasteiger partial charge is 0.491 e. The average Bonchev–Trinajstić information content (AvgIpc) is 2.29. The maximum atomic E-state index is 11.9. The number of aliphatic hydroxyl groups is 1. The highest BCUT2D eigenvalue weighted by molar-refractivity contribution is 7.92. The molecule has 0 heterocycles. The second kappa shape index (κ2) is 6.33. The summed E-state index contributed by atoms with van der Waals surface area (Å²) in [5.41, 5.74) is 0.685. The minimum atomic E-state index is -3.21. The molecule has 0 saturated heterocycles. The van der Waals surface area contributed by atoms with E-state index in [-0.39, 0.29) is 12.4 Å². The standard InChI is InChI=1S/C14H21ClO4S/c1-10(16)11-5-6-13(12(15)9-11)19-7-8-20(17,18)14(2,3)4/h5-6,9-10,16H,7-8H2,1-4H3. The van der Waals surface area contributed by atoms with Gasteiger partial charge in [-0.3, -0.25) is 0 Å². The lowest BCUT2D eigenvalue weighted by Gasteiger charge is -2.19. The minimum absolute atomic E-state index is 0.0490. The van der Waals surface area contributed by atoms with Gasteiger partial charge >= 0.3 is 0 Å². The molecule has 6 heteroatoms. The van der Waals surface area contributed by atoms with E-state index in [1.54, 1.807) is 45.9 Å². The first-order valence-corrected chi connectivity index (χ1v) is 8.40. The number of hydrogen-bond donors (Lipinski definition) is 1. The summed E-state index contributed by atoms with van der Waals surface area (Å²) >= 11 is 6.03. The van der Waals surface area contributed by atoms with Crippen LogP contribution in [0.4, 0.5) is 0 Å². The number of benzene rings is 1. The van der Waals surface area contributed by atoms with Gasteiger partial charge in [-0.25, -0.2) is 8.42 Å². The minimum Gasteiger partial charge on any atom is -0.491 e. The first-order chi connectivity index (χ1) is 9.04. The normalized spacial score (nSPS) is 14.1. The maximum absolute atomic E-state index is 11.9. The molecule has 1 aromatic carbocycles. The Labute approximate surface area is 125 Å². The second-order valence-electron chi connectivity index (χ2n) is 5.65. The Bertz CT molecular complexity index is 559. The summed E-state index contributed by atoms with van der Waals surface area (Å²) in [5, 5.41) is 9.79. The van der Waals surface area contributed by atoms with Gasteiger partial charge in [-0.1, -0.05) is 17.7 Å². The molecule has 0 bridgehead atoms. The second-order valence-corrected chi connectivity index (χ2v) is 8.92. The third-order valence-corrected chi connectivity index (χ3v) is 5.85. The Morgan fingerprint density at radius 3 is 2.40 bits per heavy atom. The molecule has 0 radical (unpaired) electrons. The number of sulfone groups is 1. The van der Waals surface area contributed by atoms with Crippen molar-refractivity contribution < 1.29 is 18.3 Å². The molecule has 4 nitrogen and oxygen atoms in total. The molecule has 0 spiro atoms. The van der Waals surface area contributed by atoms with E-state index >= 15 is 0 Å². The Morgan fingerprint density at radius 2 is 1.95 bits per heavy atom. The SMILES string of the molecule is CC(O)c1ccc(OCCS(=O)(=O)C(C)(C)C)c(Cl)c1. The number of halogens is 1. The Morgan fingerprint density at radius 1 is 1.35 bits per heavy atom. The van der Waals surface area contributed by atoms with E-state index in [4.69, 9.17) is 16.3 Å². The predicted octanol–water partition coefficient (Wildman–Crippen LogP) is 2.99. The summed E-state index contributed by atoms with van der Waals surface area (Å²) in [4.78, 5) is 0. The molecule has 0 fully saturated rings. The van der Waals surface area contributed by atoms with Crippen LogP contribution in [0.5, 0.6) is 5.75 Å². The van der Waals surface area contributed by atoms with E-state index in [9.17, 15) is 13.5 Å². The first-order valence-electron chi connectivity index (χ1n) is 6.37. The van der Waals surface area contributed by atoms with Crippen LogP contribution in [-0.2, 0) is 9.84 Å². The molecular weight excluding hydrogens is 300 g/mol. The number of hydrogen-bond acceptors (Lipinski definition) is 4. The molecule has 0 saturated carbocycles. The fourth-order valence-electron chi connectivity index (χ4n) is 1.46. The zero-order chi connectivity index (χ0) is 15.6. The Kier molecular flexibility index (Phi) is 5.46. The van der Waals surface area contributed by atoms with Gasteiger partial charge in [0.1, 0.15) is 12.4 Å². The van der Waals surface area contributed by atoms with E-state index in [0.717, 1.165) is 0 Å². The maximum Gasteiger partial charge on any atom is 0.158 e. The molecule has 0 aliphatic heterocycles. The summed E-state index contributed by atoms with van der Waals surface area (Å²) in [6.07, 6.45) is -0.609. The molecular formula is C14H21ClO4S. The van der Waals surface area contributed by atoms with E-state index in [1.165, 1.54) is 0 Å². The lowest BCUT2D eigenvalue weighted by molar-refractivity contribution is 0.199. The van der Waals surface area contributed by atoms with Crippen LogP contribution in [0.2, 0.25) is 5.02 Å². The zero-order valence-electron chi connectivity index (χ0n) is 12.2. The van der Waals surface area contributed by atoms with E-state index in [2.05, 4.69) is 0 Å². The third-order valence-electron chi connectivity index (χ3n) is 2.98. The van der Waals surface area contributed by atoms with Crippen LogP contribution < -0.4 is 4.74 Å². The fraction of sp³-hybridized carbons (Fsp3) is 0.571. The summed E-state index contributed by atoms with van der Waals surface area (Å²) in [5.74, 6) is 0.352. The van der Waals surface area contributed by atoms with Gasteiger partial charge in [0.2, 0.25) is 0 Å². The van der Waals surface area contributed by atoms with Crippen LogP contribution in [0, 0.1) is 0 Å². The fourth-order valence-corrected chi connectivity index (χ4v) is 2.62. The monoisotopic (exact) mass is 320 g/mol. The van der Waals surface area contributed by atoms with Crippen molar-refractivity contribution in [2.75, 3.05) is 12.4 Å². The van der Waals surface area contributed by atoms with E-state index in [1.807, 2.05) is 0 Å². The van der Waals surface area contributed by atoms with Gasteiger partial charge < -0.3 is 9.84 Å². The van der Waals surface area contributed by atoms with Crippen molar-refractivity contribution in [1.29, 1.82) is 0 Å². The van der Waals surface area contributed by atoms with Crippen molar-refractivity contribution in [1.82, 2.24) is 0 Å². The molecule has 114 valence electrons. The molecule has 1 rings (SSSR count). The van der Waals surface area contributed by atoms with Crippen molar-refractivity contribution in [3.8, 4) is 5.75 Å². The van der Waals surface area contributed by atoms with Crippen molar-refractivity contribution in [3.63, 3.8) is 0 Å². The molecule has 0 amide bonds. The van der Waals surface area contributed by atoms with Gasteiger partial charge in [0, 0.05) is 0 Å². The number of rotatable bonds is 5. The van der Waals surface area contributed by atoms with Crippen LogP contribution in [0.25, 0.3) is 0 Å². The van der Waals surface area contributed by atoms with Crippen LogP contribution in [0.15, 0.2) is 18.2 Å². The van der Waals surface area contributed by atoms with E-state index < -0.39 is 20.7 Å². The lowest BCUT2D eigenvalue weighted by Crippen LogP contribution is -2.32. The number of aliphatic hydroxyl groups excluding tert-OH is 1. The van der Waals surface area contributed by atoms with Crippen molar-refractivity contribution in [3.05, 3.63) is 28.8 Å². The molecule has 1 N–H and O–H groups in total. The highest BCUT2D eigenvalue weighted by atomic mass is 35.5. The molecule has 1 aromatic rings. The summed E-state index contributed by atoms with van der Waals surface area (Å²) in [6, 6.07) is 4.94. The average molecular weight is 321 g/mol. The molecule has 0 aromatic heterocycles. The van der Waals surface area contributed by atoms with Crippen LogP contribution in [0.3, 0.4) is 0 Å². The Hall–Kier alpha value is -0.780. The van der Waals surface area contributed by atoms with Gasteiger partial charge in [0.25, 0.3) is 0 Å². The lowest BCUT2D eigenvalue weighted by atomic mass is 10.1. The number of ether oxygens (including phenoxy) is 1. The van der Waals surface area contributed by atoms with Gasteiger partial charge in [-0.15, -0.1) is 0 Å². The predicted molar refractivity (Wildman–Crippen MR) is 81.1 cm³/mol. The van der Waals surface area contributed by atoms with Crippen LogP contribution >= 0.6 is 11.6 Å². The molecule has 20 heavy (non-hydrogen) atoms. The van der Waals surface area contributed by atoms with Crippen LogP contribution in [-0.4, -0.2) is 30.6 Å².